The molecule has 154 valence electrons. The molecule has 8 nitrogen and oxygen atoms in total. The summed E-state index contributed by atoms with van der Waals surface area (Å²) in [4.78, 5) is 24.2. The van der Waals surface area contributed by atoms with Gasteiger partial charge in [-0.1, -0.05) is 11.2 Å². The molecule has 2 amide bonds. The monoisotopic (exact) mass is 398 g/mol. The highest BCUT2D eigenvalue weighted by Gasteiger charge is 2.28. The van der Waals surface area contributed by atoms with Crippen molar-refractivity contribution in [2.45, 2.75) is 64.1 Å². The SMILES string of the molecule is Cc1noc(C)c1-c1ccc(N[C@@H]2CC[C@@H](O)C2)c(NC(=O)[C@@H]2CCC(=O)N2)c1. The van der Waals surface area contributed by atoms with Gasteiger partial charge in [-0.3, -0.25) is 9.59 Å². The van der Waals surface area contributed by atoms with Crippen LogP contribution in [0.5, 0.6) is 0 Å². The first-order valence-corrected chi connectivity index (χ1v) is 10.0. The van der Waals surface area contributed by atoms with Crippen LogP contribution < -0.4 is 16.0 Å². The molecule has 0 radical (unpaired) electrons. The van der Waals surface area contributed by atoms with Crippen LogP contribution in [0.1, 0.15) is 43.6 Å². The average Bonchev–Trinajstić information content (AvgIpc) is 3.38. The number of carbonyl (C=O) groups excluding carboxylic acids is 2. The predicted octanol–water partition coefficient (Wildman–Crippen LogP) is 2.50. The average molecular weight is 398 g/mol. The molecule has 0 bridgehead atoms. The van der Waals surface area contributed by atoms with E-state index in [9.17, 15) is 14.7 Å². The molecular formula is C21H26N4O4. The maximum atomic E-state index is 12.7. The van der Waals surface area contributed by atoms with Crippen LogP contribution >= 0.6 is 0 Å². The minimum atomic E-state index is -0.522. The van der Waals surface area contributed by atoms with Gasteiger partial charge in [0.2, 0.25) is 11.8 Å². The molecule has 0 unspecified atom stereocenters. The summed E-state index contributed by atoms with van der Waals surface area (Å²) >= 11 is 0. The summed E-state index contributed by atoms with van der Waals surface area (Å²) in [6.07, 6.45) is 2.88. The van der Waals surface area contributed by atoms with Crippen LogP contribution in [0.4, 0.5) is 11.4 Å². The van der Waals surface area contributed by atoms with E-state index in [2.05, 4.69) is 21.1 Å². The van der Waals surface area contributed by atoms with Gasteiger partial charge in [0, 0.05) is 18.0 Å². The maximum Gasteiger partial charge on any atom is 0.247 e. The molecule has 1 aliphatic carbocycles. The van der Waals surface area contributed by atoms with Gasteiger partial charge in [0.15, 0.2) is 0 Å². The van der Waals surface area contributed by atoms with Gasteiger partial charge in [0.1, 0.15) is 11.8 Å². The number of aryl methyl sites for hydroxylation is 2. The summed E-state index contributed by atoms with van der Waals surface area (Å²) in [5.41, 5.74) is 4.00. The number of anilines is 2. The Hall–Kier alpha value is -2.87. The molecule has 8 heteroatoms. The quantitative estimate of drug-likeness (QED) is 0.615. The normalized spacial score (nSPS) is 23.8. The van der Waals surface area contributed by atoms with Crippen molar-refractivity contribution < 1.29 is 19.2 Å². The molecule has 29 heavy (non-hydrogen) atoms. The van der Waals surface area contributed by atoms with Crippen molar-refractivity contribution in [2.75, 3.05) is 10.6 Å². The number of aromatic nitrogens is 1. The highest BCUT2D eigenvalue weighted by Crippen LogP contribution is 2.34. The molecule has 1 aromatic heterocycles. The Kier molecular flexibility index (Phi) is 5.27. The number of hydrogen-bond donors (Lipinski definition) is 4. The molecule has 4 N–H and O–H groups in total. The standard InChI is InChI=1S/C21H26N4O4/c1-11-20(12(2)29-25-11)13-3-6-16(22-14-4-5-15(26)10-14)18(9-13)24-21(28)17-7-8-19(27)23-17/h3,6,9,14-15,17,22,26H,4-5,7-8,10H2,1-2H3,(H,23,27)(H,24,28)/t14-,15-,17+/m1/s1. The molecular weight excluding hydrogens is 372 g/mol. The molecule has 3 atom stereocenters. The lowest BCUT2D eigenvalue weighted by Crippen LogP contribution is -2.37. The van der Waals surface area contributed by atoms with E-state index in [1.807, 2.05) is 32.0 Å². The zero-order valence-corrected chi connectivity index (χ0v) is 16.6. The Bertz CT molecular complexity index is 919. The molecule has 1 aromatic carbocycles. The predicted molar refractivity (Wildman–Crippen MR) is 108 cm³/mol. The number of aliphatic hydroxyl groups excluding tert-OH is 1. The fraction of sp³-hybridized carbons (Fsp3) is 0.476. The number of aliphatic hydroxyl groups is 1. The number of carbonyl (C=O) groups is 2. The molecule has 1 aliphatic heterocycles. The summed E-state index contributed by atoms with van der Waals surface area (Å²) in [5, 5.41) is 23.0. The second kappa shape index (κ2) is 7.87. The third-order valence-electron chi connectivity index (χ3n) is 5.68. The van der Waals surface area contributed by atoms with Gasteiger partial charge in [-0.2, -0.15) is 0 Å². The number of hydrogen-bond acceptors (Lipinski definition) is 6. The summed E-state index contributed by atoms with van der Waals surface area (Å²) in [5.74, 6) is 0.372. The Morgan fingerprint density at radius 3 is 2.69 bits per heavy atom. The summed E-state index contributed by atoms with van der Waals surface area (Å²) in [6, 6.07) is 5.42. The van der Waals surface area contributed by atoms with E-state index >= 15 is 0 Å². The molecule has 1 saturated carbocycles. The van der Waals surface area contributed by atoms with Crippen LogP contribution in [0.2, 0.25) is 0 Å². The Labute approximate surface area is 169 Å². The van der Waals surface area contributed by atoms with Crippen molar-refractivity contribution in [1.82, 2.24) is 10.5 Å². The lowest BCUT2D eigenvalue weighted by Gasteiger charge is -2.20. The lowest BCUT2D eigenvalue weighted by atomic mass is 10.0. The van der Waals surface area contributed by atoms with Crippen LogP contribution in [0.15, 0.2) is 22.7 Å². The summed E-state index contributed by atoms with van der Waals surface area (Å²) in [7, 11) is 0. The first kappa shape index (κ1) is 19.4. The van der Waals surface area contributed by atoms with Gasteiger partial charge in [0.05, 0.1) is 23.2 Å². The van der Waals surface area contributed by atoms with Gasteiger partial charge < -0.3 is 25.6 Å². The zero-order chi connectivity index (χ0) is 20.5. The number of nitrogens with one attached hydrogen (secondary N) is 3. The van der Waals surface area contributed by atoms with E-state index in [0.717, 1.165) is 35.3 Å². The highest BCUT2D eigenvalue weighted by atomic mass is 16.5. The lowest BCUT2D eigenvalue weighted by molar-refractivity contribution is -0.122. The number of nitrogens with zero attached hydrogens (tertiary/aromatic N) is 1. The van der Waals surface area contributed by atoms with E-state index in [1.165, 1.54) is 0 Å². The van der Waals surface area contributed by atoms with Crippen LogP contribution in [-0.4, -0.2) is 40.3 Å². The maximum absolute atomic E-state index is 12.7. The fourth-order valence-corrected chi connectivity index (χ4v) is 4.16. The Morgan fingerprint density at radius 2 is 2.07 bits per heavy atom. The van der Waals surface area contributed by atoms with Gasteiger partial charge >= 0.3 is 0 Å². The molecule has 2 aliphatic rings. The minimum absolute atomic E-state index is 0.104. The number of benzene rings is 1. The summed E-state index contributed by atoms with van der Waals surface area (Å²) in [6.45, 7) is 3.73. The fourth-order valence-electron chi connectivity index (χ4n) is 4.16. The van der Waals surface area contributed by atoms with Crippen LogP contribution in [0, 0.1) is 13.8 Å². The molecule has 2 aromatic rings. The largest absolute Gasteiger partial charge is 0.393 e. The van der Waals surface area contributed by atoms with Crippen molar-refractivity contribution in [2.24, 2.45) is 0 Å². The van der Waals surface area contributed by atoms with Gasteiger partial charge in [-0.25, -0.2) is 0 Å². The van der Waals surface area contributed by atoms with Gasteiger partial charge in [-0.05, 0) is 57.2 Å². The second-order valence-electron chi connectivity index (χ2n) is 7.92. The molecule has 4 rings (SSSR count). The smallest absolute Gasteiger partial charge is 0.247 e. The molecule has 1 saturated heterocycles. The van der Waals surface area contributed by atoms with Crippen molar-refractivity contribution in [3.63, 3.8) is 0 Å². The van der Waals surface area contributed by atoms with E-state index in [0.29, 0.717) is 30.7 Å². The molecule has 2 fully saturated rings. The van der Waals surface area contributed by atoms with Crippen LogP contribution in [0.25, 0.3) is 11.1 Å². The first-order valence-electron chi connectivity index (χ1n) is 10.0. The highest BCUT2D eigenvalue weighted by molar-refractivity contribution is 6.01. The van der Waals surface area contributed by atoms with Crippen molar-refractivity contribution in [1.29, 1.82) is 0 Å². The second-order valence-corrected chi connectivity index (χ2v) is 7.92. The Morgan fingerprint density at radius 1 is 1.24 bits per heavy atom. The van der Waals surface area contributed by atoms with Crippen molar-refractivity contribution >= 4 is 23.2 Å². The van der Waals surface area contributed by atoms with Gasteiger partial charge in [-0.15, -0.1) is 0 Å². The Balaban J connectivity index is 1.63. The van der Waals surface area contributed by atoms with E-state index in [-0.39, 0.29) is 24.0 Å². The first-order chi connectivity index (χ1) is 13.9. The number of amides is 2. The van der Waals surface area contributed by atoms with E-state index in [1.54, 1.807) is 0 Å². The zero-order valence-electron chi connectivity index (χ0n) is 16.6. The van der Waals surface area contributed by atoms with Crippen LogP contribution in [-0.2, 0) is 9.59 Å². The number of rotatable bonds is 5. The van der Waals surface area contributed by atoms with Crippen molar-refractivity contribution in [3.8, 4) is 11.1 Å². The minimum Gasteiger partial charge on any atom is -0.393 e. The third-order valence-corrected chi connectivity index (χ3v) is 5.68. The van der Waals surface area contributed by atoms with Gasteiger partial charge in [0.25, 0.3) is 0 Å². The van der Waals surface area contributed by atoms with E-state index in [4.69, 9.17) is 4.52 Å². The van der Waals surface area contributed by atoms with E-state index < -0.39 is 6.04 Å². The third kappa shape index (κ3) is 4.12. The van der Waals surface area contributed by atoms with Crippen molar-refractivity contribution in [3.05, 3.63) is 29.7 Å². The van der Waals surface area contributed by atoms with Crippen LogP contribution in [0.3, 0.4) is 0 Å². The topological polar surface area (TPSA) is 116 Å². The molecule has 0 spiro atoms. The molecule has 2 heterocycles. The summed E-state index contributed by atoms with van der Waals surface area (Å²) < 4.78 is 5.29.